The van der Waals surface area contributed by atoms with E-state index in [-0.39, 0.29) is 23.7 Å². The molecule has 2 heterocycles. The highest BCUT2D eigenvalue weighted by atomic mass is 35.5. The van der Waals surface area contributed by atoms with E-state index < -0.39 is 0 Å². The number of anilines is 1. The molecule has 0 N–H and O–H groups in total. The fraction of sp³-hybridized carbons (Fsp3) is 0.300. The van der Waals surface area contributed by atoms with Gasteiger partial charge in [-0.3, -0.25) is 9.59 Å². The van der Waals surface area contributed by atoms with Gasteiger partial charge in [0.1, 0.15) is 0 Å². The van der Waals surface area contributed by atoms with Crippen LogP contribution in [0.3, 0.4) is 0 Å². The van der Waals surface area contributed by atoms with Crippen molar-refractivity contribution >= 4 is 52.3 Å². The molecule has 1 unspecified atom stereocenters. The number of hydrogen-bond donors (Lipinski definition) is 0. The minimum absolute atomic E-state index is 0.169. The smallest absolute Gasteiger partial charge is 0.239 e. The van der Waals surface area contributed by atoms with E-state index in [0.717, 1.165) is 13.0 Å². The Morgan fingerprint density at radius 1 is 0.815 bits per heavy atom. The third-order valence-electron chi connectivity index (χ3n) is 5.21. The molecule has 0 radical (unpaired) electrons. The summed E-state index contributed by atoms with van der Waals surface area (Å²) in [5.74, 6) is -0.949. The van der Waals surface area contributed by atoms with E-state index in [9.17, 15) is 9.59 Å². The number of carbonyl (C=O) groups excluding carboxylic acids is 2. The SMILES string of the molecule is O=C1C2CN(CCc3ccc(Cl)cc3)C[C@H]2C(=O)N1c1cc(Cl)cc(Cl)c1. The lowest BCUT2D eigenvalue weighted by molar-refractivity contribution is -0.123. The van der Waals surface area contributed by atoms with E-state index in [1.54, 1.807) is 18.2 Å². The van der Waals surface area contributed by atoms with Crippen molar-refractivity contribution in [3.63, 3.8) is 0 Å². The molecule has 4 rings (SSSR count). The highest BCUT2D eigenvalue weighted by molar-refractivity contribution is 6.35. The number of hydrogen-bond acceptors (Lipinski definition) is 3. The fourth-order valence-corrected chi connectivity index (χ4v) is 4.51. The van der Waals surface area contributed by atoms with Crippen LogP contribution < -0.4 is 4.90 Å². The number of imide groups is 1. The van der Waals surface area contributed by atoms with E-state index in [1.807, 2.05) is 24.3 Å². The van der Waals surface area contributed by atoms with E-state index in [0.29, 0.717) is 33.8 Å². The molecule has 2 fully saturated rings. The molecule has 0 saturated carbocycles. The summed E-state index contributed by atoms with van der Waals surface area (Å²) in [6, 6.07) is 12.5. The second kappa shape index (κ2) is 7.44. The van der Waals surface area contributed by atoms with Crippen LogP contribution in [0.5, 0.6) is 0 Å². The fourth-order valence-electron chi connectivity index (χ4n) is 3.87. The monoisotopic (exact) mass is 422 g/mol. The van der Waals surface area contributed by atoms with Gasteiger partial charge in [-0.05, 0) is 42.3 Å². The van der Waals surface area contributed by atoms with Gasteiger partial charge in [0.2, 0.25) is 11.8 Å². The molecule has 27 heavy (non-hydrogen) atoms. The van der Waals surface area contributed by atoms with Gasteiger partial charge in [0.05, 0.1) is 17.5 Å². The first-order chi connectivity index (χ1) is 12.9. The van der Waals surface area contributed by atoms with Crippen molar-refractivity contribution in [1.82, 2.24) is 4.90 Å². The number of fused-ring (bicyclic) bond motifs is 1. The minimum atomic E-state index is -0.305. The maximum absolute atomic E-state index is 12.9. The molecule has 2 atom stereocenters. The van der Waals surface area contributed by atoms with E-state index in [4.69, 9.17) is 34.8 Å². The van der Waals surface area contributed by atoms with Crippen LogP contribution in [0.4, 0.5) is 5.69 Å². The molecule has 2 aliphatic heterocycles. The molecule has 2 amide bonds. The lowest BCUT2D eigenvalue weighted by Gasteiger charge is -2.21. The third-order valence-corrected chi connectivity index (χ3v) is 5.89. The van der Waals surface area contributed by atoms with Crippen LogP contribution in [-0.2, 0) is 16.0 Å². The van der Waals surface area contributed by atoms with Gasteiger partial charge in [0, 0.05) is 34.7 Å². The molecule has 0 aliphatic carbocycles. The highest BCUT2D eigenvalue weighted by Gasteiger charge is 2.52. The van der Waals surface area contributed by atoms with Crippen LogP contribution in [0.15, 0.2) is 42.5 Å². The van der Waals surface area contributed by atoms with E-state index in [1.165, 1.54) is 10.5 Å². The molecular formula is C20H17Cl3N2O2. The molecule has 140 valence electrons. The molecule has 7 heteroatoms. The van der Waals surface area contributed by atoms with Gasteiger partial charge >= 0.3 is 0 Å². The molecule has 0 spiro atoms. The molecule has 0 bridgehead atoms. The number of rotatable bonds is 4. The van der Waals surface area contributed by atoms with Crippen molar-refractivity contribution in [3.05, 3.63) is 63.1 Å². The Kier molecular flexibility index (Phi) is 5.17. The van der Waals surface area contributed by atoms with Crippen LogP contribution in [0.1, 0.15) is 5.56 Å². The number of halogens is 3. The summed E-state index contributed by atoms with van der Waals surface area (Å²) in [4.78, 5) is 29.1. The van der Waals surface area contributed by atoms with E-state index >= 15 is 0 Å². The van der Waals surface area contributed by atoms with Gasteiger partial charge < -0.3 is 4.90 Å². The maximum Gasteiger partial charge on any atom is 0.239 e. The quantitative estimate of drug-likeness (QED) is 0.688. The lowest BCUT2D eigenvalue weighted by atomic mass is 10.00. The standard InChI is InChI=1S/C20H17Cl3N2O2/c21-13-3-1-12(2-4-13)5-6-24-10-17-18(11-24)20(27)25(19(17)26)16-8-14(22)7-15(23)9-16/h1-4,7-9,17-18H,5-6,10-11H2/t17-,18?/m1/s1. The van der Waals surface area contributed by atoms with Gasteiger partial charge in [-0.15, -0.1) is 0 Å². The zero-order valence-electron chi connectivity index (χ0n) is 14.4. The number of nitrogens with zero attached hydrogens (tertiary/aromatic N) is 2. The topological polar surface area (TPSA) is 40.6 Å². The Bertz CT molecular complexity index is 856. The Balaban J connectivity index is 1.44. The Morgan fingerprint density at radius 3 is 1.93 bits per heavy atom. The van der Waals surface area contributed by atoms with Gasteiger partial charge in [-0.1, -0.05) is 46.9 Å². The van der Waals surface area contributed by atoms with Gasteiger partial charge in [0.15, 0.2) is 0 Å². The Hall–Kier alpha value is -1.59. The van der Waals surface area contributed by atoms with Crippen LogP contribution >= 0.6 is 34.8 Å². The molecule has 2 aromatic carbocycles. The maximum atomic E-state index is 12.9. The molecule has 2 aromatic rings. The number of carbonyl (C=O) groups is 2. The summed E-state index contributed by atoms with van der Waals surface area (Å²) in [7, 11) is 0. The summed E-state index contributed by atoms with van der Waals surface area (Å²) >= 11 is 18.0. The third kappa shape index (κ3) is 3.72. The molecule has 0 aromatic heterocycles. The normalized spacial score (nSPS) is 22.6. The predicted octanol–water partition coefficient (Wildman–Crippen LogP) is 4.31. The number of likely N-dealkylation sites (tertiary alicyclic amines) is 1. The van der Waals surface area contributed by atoms with Crippen LogP contribution in [0.2, 0.25) is 15.1 Å². The second-order valence-corrected chi connectivity index (χ2v) is 8.30. The number of amides is 2. The van der Waals surface area contributed by atoms with Gasteiger partial charge in [-0.2, -0.15) is 0 Å². The lowest BCUT2D eigenvalue weighted by Crippen LogP contribution is -2.36. The minimum Gasteiger partial charge on any atom is -0.301 e. The second-order valence-electron chi connectivity index (χ2n) is 6.99. The molecule has 2 aliphatic rings. The first kappa shape index (κ1) is 18.8. The van der Waals surface area contributed by atoms with Crippen LogP contribution in [0, 0.1) is 11.8 Å². The summed E-state index contributed by atoms with van der Waals surface area (Å²) in [5, 5.41) is 1.52. The van der Waals surface area contributed by atoms with Crippen molar-refractivity contribution in [3.8, 4) is 0 Å². The van der Waals surface area contributed by atoms with Crippen molar-refractivity contribution in [2.24, 2.45) is 11.8 Å². The summed E-state index contributed by atoms with van der Waals surface area (Å²) in [5.41, 5.74) is 1.63. The van der Waals surface area contributed by atoms with E-state index in [2.05, 4.69) is 4.90 Å². The zero-order chi connectivity index (χ0) is 19.1. The Labute approximate surface area is 172 Å². The van der Waals surface area contributed by atoms with Gasteiger partial charge in [0.25, 0.3) is 0 Å². The first-order valence-corrected chi connectivity index (χ1v) is 9.86. The molecule has 2 saturated heterocycles. The van der Waals surface area contributed by atoms with Crippen molar-refractivity contribution in [2.75, 3.05) is 24.5 Å². The summed E-state index contributed by atoms with van der Waals surface area (Å²) < 4.78 is 0. The van der Waals surface area contributed by atoms with Crippen LogP contribution in [0.25, 0.3) is 0 Å². The number of benzene rings is 2. The Morgan fingerprint density at radius 2 is 1.37 bits per heavy atom. The summed E-state index contributed by atoms with van der Waals surface area (Å²) in [6.07, 6.45) is 0.854. The highest BCUT2D eigenvalue weighted by Crippen LogP contribution is 2.37. The molecular weight excluding hydrogens is 407 g/mol. The average Bonchev–Trinajstić information content (AvgIpc) is 3.13. The molecule has 4 nitrogen and oxygen atoms in total. The zero-order valence-corrected chi connectivity index (χ0v) is 16.6. The largest absolute Gasteiger partial charge is 0.301 e. The van der Waals surface area contributed by atoms with Crippen molar-refractivity contribution < 1.29 is 9.59 Å². The van der Waals surface area contributed by atoms with Gasteiger partial charge in [-0.25, -0.2) is 4.90 Å². The van der Waals surface area contributed by atoms with Crippen molar-refractivity contribution in [2.45, 2.75) is 6.42 Å². The van der Waals surface area contributed by atoms with Crippen molar-refractivity contribution in [1.29, 1.82) is 0 Å². The summed E-state index contributed by atoms with van der Waals surface area (Å²) in [6.45, 7) is 1.99. The first-order valence-electron chi connectivity index (χ1n) is 8.73. The van der Waals surface area contributed by atoms with Crippen LogP contribution in [-0.4, -0.2) is 36.3 Å². The predicted molar refractivity (Wildman–Crippen MR) is 108 cm³/mol. The average molecular weight is 424 g/mol.